The van der Waals surface area contributed by atoms with Crippen molar-refractivity contribution in [3.05, 3.63) is 106 Å². The Hall–Kier alpha value is -3.48. The molecule has 0 amide bonds. The van der Waals surface area contributed by atoms with E-state index in [1.54, 1.807) is 31.5 Å². The molecule has 168 valence electrons. The van der Waals surface area contributed by atoms with Crippen molar-refractivity contribution in [1.29, 1.82) is 0 Å². The van der Waals surface area contributed by atoms with Crippen molar-refractivity contribution < 1.29 is 14.2 Å². The topological polar surface area (TPSA) is 65.3 Å². The lowest BCUT2D eigenvalue weighted by atomic mass is 10.0. The fourth-order valence-corrected chi connectivity index (χ4v) is 3.55. The predicted octanol–water partition coefficient (Wildman–Crippen LogP) is 6.68. The van der Waals surface area contributed by atoms with Gasteiger partial charge in [0.15, 0.2) is 0 Å². The van der Waals surface area contributed by atoms with E-state index in [4.69, 9.17) is 25.8 Å². The fourth-order valence-electron chi connectivity index (χ4n) is 3.33. The molecule has 0 spiro atoms. The average molecular weight is 462 g/mol. The Morgan fingerprint density at radius 1 is 1.03 bits per heavy atom. The summed E-state index contributed by atoms with van der Waals surface area (Å²) < 4.78 is 17.2. The van der Waals surface area contributed by atoms with Crippen LogP contribution in [0.3, 0.4) is 0 Å². The van der Waals surface area contributed by atoms with Crippen LogP contribution in [-0.4, -0.2) is 25.3 Å². The Bertz CT molecular complexity index is 1210. The molecular formula is C26H24ClN3O3. The van der Waals surface area contributed by atoms with Gasteiger partial charge in [0.05, 0.1) is 26.0 Å². The minimum atomic E-state index is 0.371. The van der Waals surface area contributed by atoms with Crippen LogP contribution in [0.25, 0.3) is 5.57 Å². The number of allylic oxidation sites excluding steroid dienone is 2. The van der Waals surface area contributed by atoms with E-state index in [2.05, 4.69) is 21.3 Å². The van der Waals surface area contributed by atoms with Crippen molar-refractivity contribution >= 4 is 22.9 Å². The van der Waals surface area contributed by atoms with Crippen molar-refractivity contribution in [2.75, 3.05) is 20.3 Å². The molecule has 4 rings (SSSR count). The summed E-state index contributed by atoms with van der Waals surface area (Å²) in [7, 11) is 1.58. The van der Waals surface area contributed by atoms with Crippen LogP contribution in [0.5, 0.6) is 5.75 Å². The van der Waals surface area contributed by atoms with Crippen LogP contribution in [0.4, 0.5) is 5.69 Å². The molecule has 3 aromatic rings. The van der Waals surface area contributed by atoms with Gasteiger partial charge in [0.25, 0.3) is 0 Å². The normalized spacial score (nSPS) is 13.7. The van der Waals surface area contributed by atoms with Gasteiger partial charge < -0.3 is 14.2 Å². The molecule has 0 unspecified atom stereocenters. The number of hydrogen-bond acceptors (Lipinski definition) is 6. The zero-order valence-electron chi connectivity index (χ0n) is 18.5. The lowest BCUT2D eigenvalue weighted by molar-refractivity contribution is 0.127. The van der Waals surface area contributed by atoms with E-state index in [1.807, 2.05) is 49.4 Å². The highest BCUT2D eigenvalue weighted by Gasteiger charge is 2.17. The van der Waals surface area contributed by atoms with Gasteiger partial charge in [-0.15, -0.1) is 10.2 Å². The molecule has 0 radical (unpaired) electrons. The molecule has 0 fully saturated rings. The number of nitrogens with zero attached hydrogens (tertiary/aromatic N) is 3. The first-order valence-corrected chi connectivity index (χ1v) is 10.9. The largest absolute Gasteiger partial charge is 0.497 e. The summed E-state index contributed by atoms with van der Waals surface area (Å²) in [5.41, 5.74) is 5.38. The molecule has 2 aromatic carbocycles. The van der Waals surface area contributed by atoms with Crippen LogP contribution in [-0.2, 0) is 16.1 Å². The lowest BCUT2D eigenvalue weighted by Gasteiger charge is -2.19. The maximum Gasteiger partial charge on any atom is 0.241 e. The number of benzene rings is 2. The summed E-state index contributed by atoms with van der Waals surface area (Å²) in [5, 5.41) is 9.23. The second kappa shape index (κ2) is 10.9. The number of aromatic nitrogens is 1. The summed E-state index contributed by atoms with van der Waals surface area (Å²) in [4.78, 5) is 4.29. The van der Waals surface area contributed by atoms with E-state index < -0.39 is 0 Å². The monoisotopic (exact) mass is 461 g/mol. The highest BCUT2D eigenvalue weighted by molar-refractivity contribution is 6.31. The van der Waals surface area contributed by atoms with Gasteiger partial charge in [0.2, 0.25) is 5.88 Å². The summed E-state index contributed by atoms with van der Waals surface area (Å²) in [6.07, 6.45) is 3.82. The quantitative estimate of drug-likeness (QED) is 0.351. The first-order valence-electron chi connectivity index (χ1n) is 10.5. The van der Waals surface area contributed by atoms with Crippen LogP contribution in [0.2, 0.25) is 5.02 Å². The minimum absolute atomic E-state index is 0.371. The molecule has 0 saturated heterocycles. The number of rotatable bonds is 8. The molecule has 0 bridgehead atoms. The number of hydrogen-bond donors (Lipinski definition) is 0. The lowest BCUT2D eigenvalue weighted by Crippen LogP contribution is -2.11. The number of pyridine rings is 1. The molecular weight excluding hydrogens is 438 g/mol. The second-order valence-electron chi connectivity index (χ2n) is 7.52. The Morgan fingerprint density at radius 2 is 1.88 bits per heavy atom. The standard InChI is InChI=1S/C26H24ClN3O3/c1-18-10-21(8-9-28-18)25-11-20(16-32-15-19-6-4-3-5-7-19)17-33-26(25)30-29-23-12-22(27)13-24(14-23)31-2/h3-14H,15-17H2,1-2H3. The molecule has 0 N–H and O–H groups in total. The average Bonchev–Trinajstić information content (AvgIpc) is 2.83. The Labute approximate surface area is 198 Å². The molecule has 0 atom stereocenters. The van der Waals surface area contributed by atoms with Crippen LogP contribution in [0, 0.1) is 6.92 Å². The van der Waals surface area contributed by atoms with Crippen LogP contribution >= 0.6 is 11.6 Å². The summed E-state index contributed by atoms with van der Waals surface area (Å²) >= 11 is 6.15. The van der Waals surface area contributed by atoms with Crippen molar-refractivity contribution in [1.82, 2.24) is 4.98 Å². The molecule has 0 aliphatic carbocycles. The summed E-state index contributed by atoms with van der Waals surface area (Å²) in [6.45, 7) is 3.31. The van der Waals surface area contributed by atoms with Gasteiger partial charge >= 0.3 is 0 Å². The van der Waals surface area contributed by atoms with Crippen molar-refractivity contribution in [3.63, 3.8) is 0 Å². The first kappa shape index (κ1) is 22.7. The summed E-state index contributed by atoms with van der Waals surface area (Å²) in [5.74, 6) is 1.03. The third-order valence-corrected chi connectivity index (χ3v) is 5.15. The molecule has 33 heavy (non-hydrogen) atoms. The number of methoxy groups -OCH3 is 1. The van der Waals surface area contributed by atoms with E-state index in [0.717, 1.165) is 28.0 Å². The Kier molecular flexibility index (Phi) is 7.50. The zero-order chi connectivity index (χ0) is 23.0. The fraction of sp³-hybridized carbons (Fsp3) is 0.192. The summed E-state index contributed by atoms with van der Waals surface area (Å²) in [6, 6.07) is 19.2. The Balaban J connectivity index is 1.59. The van der Waals surface area contributed by atoms with E-state index in [-0.39, 0.29) is 0 Å². The van der Waals surface area contributed by atoms with Gasteiger partial charge in [0.1, 0.15) is 12.4 Å². The predicted molar refractivity (Wildman–Crippen MR) is 129 cm³/mol. The van der Waals surface area contributed by atoms with Crippen LogP contribution in [0.15, 0.2) is 94.6 Å². The highest BCUT2D eigenvalue weighted by Crippen LogP contribution is 2.31. The zero-order valence-corrected chi connectivity index (χ0v) is 19.2. The van der Waals surface area contributed by atoms with Crippen molar-refractivity contribution in [2.45, 2.75) is 13.5 Å². The number of aryl methyl sites for hydroxylation is 1. The molecule has 2 heterocycles. The van der Waals surface area contributed by atoms with E-state index in [0.29, 0.717) is 42.2 Å². The number of azo groups is 1. The van der Waals surface area contributed by atoms with E-state index in [1.165, 1.54) is 0 Å². The Morgan fingerprint density at radius 3 is 2.67 bits per heavy atom. The van der Waals surface area contributed by atoms with Gasteiger partial charge in [-0.05, 0) is 54.0 Å². The van der Waals surface area contributed by atoms with Gasteiger partial charge in [-0.25, -0.2) is 0 Å². The van der Waals surface area contributed by atoms with Gasteiger partial charge in [0, 0.05) is 28.6 Å². The highest BCUT2D eigenvalue weighted by atomic mass is 35.5. The van der Waals surface area contributed by atoms with E-state index >= 15 is 0 Å². The molecule has 7 heteroatoms. The van der Waals surface area contributed by atoms with Gasteiger partial charge in [-0.1, -0.05) is 41.9 Å². The maximum atomic E-state index is 6.15. The number of ether oxygens (including phenoxy) is 3. The second-order valence-corrected chi connectivity index (χ2v) is 7.96. The third kappa shape index (κ3) is 6.28. The molecule has 0 saturated carbocycles. The van der Waals surface area contributed by atoms with E-state index in [9.17, 15) is 0 Å². The van der Waals surface area contributed by atoms with Gasteiger partial charge in [-0.2, -0.15) is 0 Å². The van der Waals surface area contributed by atoms with Crippen molar-refractivity contribution in [2.24, 2.45) is 10.2 Å². The first-order chi connectivity index (χ1) is 16.1. The van der Waals surface area contributed by atoms with Crippen LogP contribution in [0.1, 0.15) is 16.8 Å². The number of halogens is 1. The molecule has 6 nitrogen and oxygen atoms in total. The molecule has 1 aliphatic rings. The van der Waals surface area contributed by atoms with Gasteiger partial charge in [-0.3, -0.25) is 4.98 Å². The van der Waals surface area contributed by atoms with Crippen LogP contribution < -0.4 is 4.74 Å². The van der Waals surface area contributed by atoms with Crippen molar-refractivity contribution in [3.8, 4) is 5.75 Å². The minimum Gasteiger partial charge on any atom is -0.497 e. The third-order valence-electron chi connectivity index (χ3n) is 4.93. The smallest absolute Gasteiger partial charge is 0.241 e. The maximum absolute atomic E-state index is 6.15. The molecule has 1 aromatic heterocycles. The SMILES string of the molecule is COc1cc(Cl)cc(N=NC2=C(c3ccnc(C)c3)C=C(COCc3ccccc3)CO2)c1. The molecule has 1 aliphatic heterocycles.